The maximum absolute atomic E-state index is 4.83. The fourth-order valence-electron chi connectivity index (χ4n) is 9.21. The average molecular weight is 695 g/mol. The van der Waals surface area contributed by atoms with Crippen molar-refractivity contribution in [3.05, 3.63) is 79.9 Å². The van der Waals surface area contributed by atoms with Gasteiger partial charge < -0.3 is 0 Å². The minimum absolute atomic E-state index is 0.480. The molecule has 0 saturated heterocycles. The van der Waals surface area contributed by atoms with Crippen molar-refractivity contribution in [2.24, 2.45) is 0 Å². The minimum atomic E-state index is -4.83. The van der Waals surface area contributed by atoms with Gasteiger partial charge >= 0.3 is 232 Å². The molecule has 2 unspecified atom stereocenters. The monoisotopic (exact) mass is 696 g/mol. The van der Waals surface area contributed by atoms with Gasteiger partial charge in [-0.3, -0.25) is 0 Å². The molecule has 0 aromatic heterocycles. The van der Waals surface area contributed by atoms with Gasteiger partial charge in [0.1, 0.15) is 0 Å². The summed E-state index contributed by atoms with van der Waals surface area (Å²) in [5, 5.41) is 0. The van der Waals surface area contributed by atoms with E-state index in [0.717, 1.165) is 0 Å². The van der Waals surface area contributed by atoms with E-state index in [1.165, 1.54) is 33.4 Å². The number of benzene rings is 2. The zero-order chi connectivity index (χ0) is 28.9. The van der Waals surface area contributed by atoms with Crippen molar-refractivity contribution in [2.75, 3.05) is 0 Å². The van der Waals surface area contributed by atoms with E-state index in [9.17, 15) is 0 Å². The first-order valence-electron chi connectivity index (χ1n) is 15.3. The van der Waals surface area contributed by atoms with Crippen LogP contribution in [0.3, 0.4) is 0 Å². The van der Waals surface area contributed by atoms with Crippen LogP contribution < -0.4 is 0 Å². The second-order valence-electron chi connectivity index (χ2n) is 18.8. The molecule has 2 aromatic carbocycles. The molecule has 0 amide bonds. The van der Waals surface area contributed by atoms with Gasteiger partial charge in [0.25, 0.3) is 0 Å². The second kappa shape index (κ2) is 8.06. The third-order valence-corrected chi connectivity index (χ3v) is 44.5. The van der Waals surface area contributed by atoms with Crippen LogP contribution in [0, 0.1) is 0 Å². The molecule has 2 atom stereocenters. The quantitative estimate of drug-likeness (QED) is 0.264. The number of allylic oxidation sites excluding steroid dienone is 2. The van der Waals surface area contributed by atoms with E-state index in [1.807, 2.05) is 0 Å². The summed E-state index contributed by atoms with van der Waals surface area (Å²) in [4.78, 5) is 0. The van der Waals surface area contributed by atoms with Crippen LogP contribution in [-0.2, 0) is 14.2 Å². The molecule has 38 heavy (non-hydrogen) atoms. The van der Waals surface area contributed by atoms with E-state index < -0.39 is 14.2 Å². The van der Waals surface area contributed by atoms with Crippen LogP contribution in [-0.4, -0.2) is 6.94 Å². The Bertz CT molecular complexity index is 1410. The number of fused-ring (bicyclic) bond motifs is 2. The molecular formula is C36H56HfSi. The fraction of sp³-hybridized carbons (Fsp3) is 0.556. The molecule has 0 nitrogen and oxygen atoms in total. The molecule has 0 spiro atoms. The van der Waals surface area contributed by atoms with Crippen molar-refractivity contribution < 1.29 is 14.2 Å². The molecule has 0 N–H and O–H groups in total. The Morgan fingerprint density at radius 1 is 0.553 bits per heavy atom. The maximum atomic E-state index is 2.81. The van der Waals surface area contributed by atoms with Gasteiger partial charge in [-0.1, -0.05) is 0 Å². The standard InChI is InChI=1S/2C16H21.4CH3.Hf.H2Si/c2*1-10(2)13-8-14-6-12(5)7-16(14)15(9-13)11(3)4;;;;;;/h2*6-11H,1-5H3;4*1H3;;1H2. The van der Waals surface area contributed by atoms with Crippen molar-refractivity contribution in [3.63, 3.8) is 0 Å². The summed E-state index contributed by atoms with van der Waals surface area (Å²) in [5.74, 6) is 2.11. The Hall–Kier alpha value is -0.993. The molecule has 0 bridgehead atoms. The van der Waals surface area contributed by atoms with E-state index in [2.05, 4.69) is 131 Å². The van der Waals surface area contributed by atoms with Gasteiger partial charge in [0.2, 0.25) is 0 Å². The molecule has 2 aliphatic carbocycles. The Morgan fingerprint density at radius 3 is 1.13 bits per heavy atom. The van der Waals surface area contributed by atoms with Crippen LogP contribution in [0.15, 0.2) is 35.4 Å². The van der Waals surface area contributed by atoms with E-state index in [0.29, 0.717) is 31.0 Å². The van der Waals surface area contributed by atoms with Crippen molar-refractivity contribution in [3.8, 4) is 0 Å². The van der Waals surface area contributed by atoms with Crippen LogP contribution in [0.25, 0.3) is 12.2 Å². The third-order valence-electron chi connectivity index (χ3n) is 10.4. The zero-order valence-electron chi connectivity index (χ0n) is 27.1. The van der Waals surface area contributed by atoms with Crippen LogP contribution in [0.5, 0.6) is 0 Å². The molecular weight excluding hydrogens is 639 g/mol. The Kier molecular flexibility index (Phi) is 6.36. The summed E-state index contributed by atoms with van der Waals surface area (Å²) in [6, 6.07) is 10.3. The van der Waals surface area contributed by atoms with Crippen molar-refractivity contribution in [2.45, 2.75) is 119 Å². The van der Waals surface area contributed by atoms with Crippen molar-refractivity contribution in [1.82, 2.24) is 0 Å². The molecule has 0 radical (unpaired) electrons. The summed E-state index contributed by atoms with van der Waals surface area (Å²) in [6.45, 7) is 26.3. The van der Waals surface area contributed by atoms with Gasteiger partial charge in [0.15, 0.2) is 0 Å². The summed E-state index contributed by atoms with van der Waals surface area (Å²) in [7, 11) is 0. The molecule has 4 rings (SSSR count). The molecule has 0 aliphatic heterocycles. The van der Waals surface area contributed by atoms with E-state index in [4.69, 9.17) is 0 Å². The predicted molar refractivity (Wildman–Crippen MR) is 174 cm³/mol. The number of hydrogen-bond acceptors (Lipinski definition) is 0. The summed E-state index contributed by atoms with van der Waals surface area (Å²) < 4.78 is 12.2. The molecule has 0 saturated carbocycles. The molecule has 208 valence electrons. The van der Waals surface area contributed by atoms with Crippen LogP contribution in [0.2, 0.25) is 18.7 Å². The van der Waals surface area contributed by atoms with Gasteiger partial charge in [0.05, 0.1) is 0 Å². The zero-order valence-corrected chi connectivity index (χ0v) is 32.1. The van der Waals surface area contributed by atoms with E-state index in [1.54, 1.807) is 22.3 Å². The summed E-state index contributed by atoms with van der Waals surface area (Å²) >= 11 is -4.83. The molecule has 2 heteroatoms. The van der Waals surface area contributed by atoms with Crippen LogP contribution in [0.4, 0.5) is 0 Å². The Balaban J connectivity index is 2.12. The third kappa shape index (κ3) is 4.49. The predicted octanol–water partition coefficient (Wildman–Crippen LogP) is 11.3. The Morgan fingerprint density at radius 2 is 0.868 bits per heavy atom. The Labute approximate surface area is 230 Å². The summed E-state index contributed by atoms with van der Waals surface area (Å²) in [5.41, 5.74) is 15.6. The normalized spacial score (nSPS) is 22.2. The number of hydrogen-bond donors (Lipinski definition) is 0. The van der Waals surface area contributed by atoms with Crippen molar-refractivity contribution >= 4 is 19.1 Å². The van der Waals surface area contributed by atoms with Crippen LogP contribution in [0.1, 0.15) is 145 Å². The van der Waals surface area contributed by atoms with E-state index >= 15 is 0 Å². The topological polar surface area (TPSA) is 0 Å². The fourth-order valence-corrected chi connectivity index (χ4v) is 50.7. The average Bonchev–Trinajstić information content (AvgIpc) is 3.27. The SMILES string of the molecule is CC1=Cc2c(C(C)C)cc(C(C)C)cc2[CH]1[Hf]([CH3])([CH3])([CH3])([CH3])(=[SiH2])[CH]1C(C)=Cc2c(C(C)C)cc(C(C)C)cc21. The van der Waals surface area contributed by atoms with E-state index in [-0.39, 0.29) is 0 Å². The molecule has 0 fully saturated rings. The number of rotatable bonds is 6. The van der Waals surface area contributed by atoms with Gasteiger partial charge in [-0.2, -0.15) is 0 Å². The van der Waals surface area contributed by atoms with Gasteiger partial charge in [-0.15, -0.1) is 0 Å². The van der Waals surface area contributed by atoms with Crippen LogP contribution >= 0.6 is 0 Å². The first-order chi connectivity index (χ1) is 17.0. The van der Waals surface area contributed by atoms with Gasteiger partial charge in [-0.25, -0.2) is 0 Å². The first-order valence-corrected chi connectivity index (χ1v) is 42.2. The molecule has 2 aliphatic rings. The molecule has 2 aromatic rings. The second-order valence-corrected chi connectivity index (χ2v) is 105. The van der Waals surface area contributed by atoms with Gasteiger partial charge in [0, 0.05) is 0 Å². The van der Waals surface area contributed by atoms with Gasteiger partial charge in [-0.05, 0) is 0 Å². The first kappa shape index (κ1) is 30.0. The summed E-state index contributed by atoms with van der Waals surface area (Å²) in [6.07, 6.45) is 5.17. The van der Waals surface area contributed by atoms with Crippen molar-refractivity contribution in [1.29, 1.82) is 0 Å². The molecule has 0 heterocycles.